The molecule has 3 aromatic carbocycles. The summed E-state index contributed by atoms with van der Waals surface area (Å²) in [5.41, 5.74) is 0.359. The highest BCUT2D eigenvalue weighted by molar-refractivity contribution is 5.72. The first-order valence-corrected chi connectivity index (χ1v) is 7.85. The minimum atomic E-state index is -4.70. The van der Waals surface area contributed by atoms with Crippen LogP contribution < -0.4 is 0 Å². The van der Waals surface area contributed by atoms with Crippen LogP contribution in [0.15, 0.2) is 66.7 Å². The Kier molecular flexibility index (Phi) is 5.08. The molecule has 0 saturated heterocycles. The number of hydrogen-bond acceptors (Lipinski definition) is 0. The molecule has 0 unspecified atom stereocenters. The summed E-state index contributed by atoms with van der Waals surface area (Å²) in [6.07, 6.45) is -4.65. The van der Waals surface area contributed by atoms with Crippen LogP contribution in [0.1, 0.15) is 5.56 Å². The van der Waals surface area contributed by atoms with Gasteiger partial charge in [-0.3, -0.25) is 0 Å². The van der Waals surface area contributed by atoms with Gasteiger partial charge in [0.25, 0.3) is 0 Å². The van der Waals surface area contributed by atoms with E-state index in [9.17, 15) is 26.3 Å². The molecule has 6 heteroatoms. The molecule has 27 heavy (non-hydrogen) atoms. The summed E-state index contributed by atoms with van der Waals surface area (Å²) in [7, 11) is 0. The molecule has 0 bridgehead atoms. The van der Waals surface area contributed by atoms with Crippen LogP contribution in [0.25, 0.3) is 28.3 Å². The third kappa shape index (κ3) is 4.39. The van der Waals surface area contributed by atoms with Crippen molar-refractivity contribution >= 4 is 6.08 Å². The standard InChI is InChI=1S/C21H12F6/c22-18-10-14(13-4-2-1-3-5-13)6-7-16(18)15-11-19(23)17(20(24)12-15)8-9-21(25,26)27/h1-12H. The van der Waals surface area contributed by atoms with Crippen molar-refractivity contribution in [2.24, 2.45) is 0 Å². The zero-order valence-corrected chi connectivity index (χ0v) is 13.7. The maximum Gasteiger partial charge on any atom is 0.409 e. The van der Waals surface area contributed by atoms with Gasteiger partial charge in [-0.15, -0.1) is 0 Å². The second-order valence-electron chi connectivity index (χ2n) is 5.79. The summed E-state index contributed by atoms with van der Waals surface area (Å²) >= 11 is 0. The first kappa shape index (κ1) is 18.8. The van der Waals surface area contributed by atoms with E-state index in [1.165, 1.54) is 12.1 Å². The van der Waals surface area contributed by atoms with Gasteiger partial charge in [-0.05, 0) is 41.0 Å². The van der Waals surface area contributed by atoms with Crippen LogP contribution in [0.4, 0.5) is 26.3 Å². The number of benzene rings is 3. The molecule has 0 aromatic heterocycles. The monoisotopic (exact) mass is 378 g/mol. The van der Waals surface area contributed by atoms with Gasteiger partial charge >= 0.3 is 6.18 Å². The van der Waals surface area contributed by atoms with Gasteiger partial charge < -0.3 is 0 Å². The molecule has 0 aliphatic rings. The molecule has 0 aliphatic heterocycles. The first-order chi connectivity index (χ1) is 12.7. The Morgan fingerprint density at radius 2 is 1.22 bits per heavy atom. The van der Waals surface area contributed by atoms with Crippen molar-refractivity contribution in [3.05, 3.63) is 89.8 Å². The molecule has 0 fully saturated rings. The Balaban J connectivity index is 1.99. The molecular weight excluding hydrogens is 366 g/mol. The number of hydrogen-bond donors (Lipinski definition) is 0. The Morgan fingerprint density at radius 3 is 1.78 bits per heavy atom. The van der Waals surface area contributed by atoms with Gasteiger partial charge in [0.2, 0.25) is 0 Å². The number of rotatable bonds is 3. The van der Waals surface area contributed by atoms with Crippen LogP contribution >= 0.6 is 0 Å². The second-order valence-corrected chi connectivity index (χ2v) is 5.79. The van der Waals surface area contributed by atoms with Crippen molar-refractivity contribution in [1.82, 2.24) is 0 Å². The Bertz CT molecular complexity index is 964. The first-order valence-electron chi connectivity index (χ1n) is 7.85. The van der Waals surface area contributed by atoms with Crippen LogP contribution in [0.2, 0.25) is 0 Å². The fraction of sp³-hybridized carbons (Fsp3) is 0.0476. The maximum absolute atomic E-state index is 14.5. The minimum absolute atomic E-state index is 0.0566. The summed E-state index contributed by atoms with van der Waals surface area (Å²) in [5.74, 6) is -3.12. The lowest BCUT2D eigenvalue weighted by Crippen LogP contribution is -2.01. The van der Waals surface area contributed by atoms with Crippen molar-refractivity contribution in [1.29, 1.82) is 0 Å². The highest BCUT2D eigenvalue weighted by Crippen LogP contribution is 2.31. The largest absolute Gasteiger partial charge is 0.409 e. The van der Waals surface area contributed by atoms with Crippen LogP contribution in [-0.2, 0) is 0 Å². The molecule has 0 radical (unpaired) electrons. The van der Waals surface area contributed by atoms with Gasteiger partial charge in [0.1, 0.15) is 17.5 Å². The van der Waals surface area contributed by atoms with Gasteiger partial charge in [0.05, 0.1) is 0 Å². The average Bonchev–Trinajstić information content (AvgIpc) is 2.60. The lowest BCUT2D eigenvalue weighted by atomic mass is 9.98. The van der Waals surface area contributed by atoms with Gasteiger partial charge in [-0.25, -0.2) is 13.2 Å². The summed E-state index contributed by atoms with van der Waals surface area (Å²) < 4.78 is 79.2. The van der Waals surface area contributed by atoms with Crippen molar-refractivity contribution in [3.63, 3.8) is 0 Å². The zero-order valence-electron chi connectivity index (χ0n) is 13.7. The molecule has 0 heterocycles. The topological polar surface area (TPSA) is 0 Å². The van der Waals surface area contributed by atoms with Crippen molar-refractivity contribution in [2.45, 2.75) is 6.18 Å². The van der Waals surface area contributed by atoms with Crippen LogP contribution in [-0.4, -0.2) is 6.18 Å². The number of alkyl halides is 3. The van der Waals surface area contributed by atoms with E-state index in [0.717, 1.165) is 17.7 Å². The maximum atomic E-state index is 14.5. The summed E-state index contributed by atoms with van der Waals surface area (Å²) in [4.78, 5) is 0. The third-order valence-electron chi connectivity index (χ3n) is 3.91. The highest BCUT2D eigenvalue weighted by atomic mass is 19.4. The predicted molar refractivity (Wildman–Crippen MR) is 92.3 cm³/mol. The van der Waals surface area contributed by atoms with Gasteiger partial charge in [0, 0.05) is 17.2 Å². The molecule has 0 nitrogen and oxygen atoms in total. The fourth-order valence-corrected chi connectivity index (χ4v) is 2.64. The number of allylic oxidation sites excluding steroid dienone is 1. The average molecular weight is 378 g/mol. The van der Waals surface area contributed by atoms with Crippen LogP contribution in [0, 0.1) is 17.5 Å². The van der Waals surface area contributed by atoms with E-state index < -0.39 is 29.2 Å². The van der Waals surface area contributed by atoms with E-state index >= 15 is 0 Å². The Morgan fingerprint density at radius 1 is 0.630 bits per heavy atom. The number of halogens is 6. The molecule has 3 rings (SSSR count). The predicted octanol–water partition coefficient (Wildman–Crippen LogP) is 7.01. The summed E-state index contributed by atoms with van der Waals surface area (Å²) in [6, 6.07) is 14.8. The molecule has 0 atom stereocenters. The quantitative estimate of drug-likeness (QED) is 0.430. The third-order valence-corrected chi connectivity index (χ3v) is 3.91. The minimum Gasteiger partial charge on any atom is -0.206 e. The molecule has 0 N–H and O–H groups in total. The molecule has 0 spiro atoms. The Hall–Kier alpha value is -3.02. The van der Waals surface area contributed by atoms with E-state index in [0.29, 0.717) is 11.6 Å². The zero-order chi connectivity index (χ0) is 19.6. The van der Waals surface area contributed by atoms with Gasteiger partial charge in [0.15, 0.2) is 0 Å². The van der Waals surface area contributed by atoms with E-state index in [1.807, 2.05) is 6.07 Å². The summed E-state index contributed by atoms with van der Waals surface area (Å²) in [6.45, 7) is 0. The van der Waals surface area contributed by atoms with Crippen molar-refractivity contribution < 1.29 is 26.3 Å². The van der Waals surface area contributed by atoms with Crippen molar-refractivity contribution in [2.75, 3.05) is 0 Å². The molecule has 0 saturated carbocycles. The molecule has 0 amide bonds. The van der Waals surface area contributed by atoms with E-state index in [2.05, 4.69) is 0 Å². The smallest absolute Gasteiger partial charge is 0.206 e. The Labute approximate surface area is 151 Å². The second kappa shape index (κ2) is 7.31. The van der Waals surface area contributed by atoms with E-state index in [4.69, 9.17) is 0 Å². The van der Waals surface area contributed by atoms with Gasteiger partial charge in [-0.1, -0.05) is 42.5 Å². The van der Waals surface area contributed by atoms with Crippen LogP contribution in [0.3, 0.4) is 0 Å². The van der Waals surface area contributed by atoms with E-state index in [-0.39, 0.29) is 17.2 Å². The lowest BCUT2D eigenvalue weighted by molar-refractivity contribution is -0.0790. The van der Waals surface area contributed by atoms with Crippen LogP contribution in [0.5, 0.6) is 0 Å². The molecule has 3 aromatic rings. The SMILES string of the molecule is Fc1cc(-c2ccccc2)ccc1-c1cc(F)c(C=CC(F)(F)F)c(F)c1. The van der Waals surface area contributed by atoms with E-state index in [1.54, 1.807) is 30.3 Å². The fourth-order valence-electron chi connectivity index (χ4n) is 2.64. The molecule has 138 valence electrons. The molecular formula is C21H12F6. The normalized spacial score (nSPS) is 11.9. The summed E-state index contributed by atoms with van der Waals surface area (Å²) in [5, 5.41) is 0. The van der Waals surface area contributed by atoms with Gasteiger partial charge in [-0.2, -0.15) is 13.2 Å². The highest BCUT2D eigenvalue weighted by Gasteiger charge is 2.23. The molecule has 0 aliphatic carbocycles. The van der Waals surface area contributed by atoms with Crippen molar-refractivity contribution in [3.8, 4) is 22.3 Å². The lowest BCUT2D eigenvalue weighted by Gasteiger charge is -2.09.